The zero-order chi connectivity index (χ0) is 28.4. The summed E-state index contributed by atoms with van der Waals surface area (Å²) in [5.41, 5.74) is -0.545. The molecule has 6 rings (SSSR count). The monoisotopic (exact) mass is 557 g/mol. The van der Waals surface area contributed by atoms with Crippen molar-refractivity contribution in [3.05, 3.63) is 76.4 Å². The van der Waals surface area contributed by atoms with Crippen molar-refractivity contribution in [3.8, 4) is 0 Å². The third-order valence-corrected chi connectivity index (χ3v) is 8.80. The molecule has 1 amide bonds. The molecule has 2 atom stereocenters. The van der Waals surface area contributed by atoms with Crippen LogP contribution < -0.4 is 10.2 Å². The molecule has 3 aromatic rings. The molecule has 0 spiro atoms. The van der Waals surface area contributed by atoms with Crippen molar-refractivity contribution in [2.24, 2.45) is 7.05 Å². The van der Waals surface area contributed by atoms with Crippen LogP contribution >= 0.6 is 0 Å². The minimum atomic E-state index is -4.62. The van der Waals surface area contributed by atoms with Gasteiger partial charge in [0.05, 0.1) is 30.7 Å². The number of carbonyl (C=O) groups is 1. The summed E-state index contributed by atoms with van der Waals surface area (Å²) in [6.07, 6.45) is -1.73. The van der Waals surface area contributed by atoms with Crippen LogP contribution in [0.25, 0.3) is 0 Å². The molecule has 2 fully saturated rings. The number of amides is 1. The fraction of sp³-hybridized carbons (Fsp3) is 0.483. The zero-order valence-electron chi connectivity index (χ0n) is 22.6. The van der Waals surface area contributed by atoms with Gasteiger partial charge in [-0.2, -0.15) is 13.2 Å². The number of hydrogen-bond donors (Lipinski definition) is 1. The van der Waals surface area contributed by atoms with Gasteiger partial charge in [0.15, 0.2) is 12.0 Å². The number of ether oxygens (including phenoxy) is 1. The second kappa shape index (κ2) is 9.37. The number of aryl methyl sites for hydroxylation is 1. The van der Waals surface area contributed by atoms with Crippen LogP contribution in [0.4, 0.5) is 23.2 Å². The number of halogens is 4. The highest BCUT2D eigenvalue weighted by molar-refractivity contribution is 6.10. The average molecular weight is 558 g/mol. The first-order chi connectivity index (χ1) is 18.9. The number of nitrogens with zero attached hydrogens (tertiary/aromatic N) is 4. The number of rotatable bonds is 7. The highest BCUT2D eigenvalue weighted by Gasteiger charge is 2.51. The Labute approximate surface area is 229 Å². The summed E-state index contributed by atoms with van der Waals surface area (Å²) in [5, 5.41) is 11.1. The fourth-order valence-corrected chi connectivity index (χ4v) is 6.13. The van der Waals surface area contributed by atoms with Gasteiger partial charge in [0.25, 0.3) is 5.91 Å². The van der Waals surface area contributed by atoms with Gasteiger partial charge in [-0.25, -0.2) is 4.39 Å². The van der Waals surface area contributed by atoms with E-state index in [4.69, 9.17) is 4.74 Å². The molecule has 0 bridgehead atoms. The first kappa shape index (κ1) is 26.9. The van der Waals surface area contributed by atoms with E-state index in [1.165, 1.54) is 21.9 Å². The van der Waals surface area contributed by atoms with E-state index in [2.05, 4.69) is 22.4 Å². The third-order valence-electron chi connectivity index (χ3n) is 8.80. The number of aromatic nitrogens is 3. The van der Waals surface area contributed by atoms with Crippen LogP contribution in [0.3, 0.4) is 0 Å². The van der Waals surface area contributed by atoms with E-state index in [1.807, 2.05) is 6.92 Å². The lowest BCUT2D eigenvalue weighted by atomic mass is 9.74. The number of alkyl halides is 4. The van der Waals surface area contributed by atoms with Crippen molar-refractivity contribution in [2.45, 2.75) is 69.0 Å². The Morgan fingerprint density at radius 2 is 1.90 bits per heavy atom. The van der Waals surface area contributed by atoms with Crippen molar-refractivity contribution in [2.75, 3.05) is 18.1 Å². The molecule has 212 valence electrons. The van der Waals surface area contributed by atoms with Crippen LogP contribution in [-0.4, -0.2) is 39.4 Å². The van der Waals surface area contributed by atoms with Crippen molar-refractivity contribution in [1.29, 1.82) is 0 Å². The summed E-state index contributed by atoms with van der Waals surface area (Å²) >= 11 is 0. The van der Waals surface area contributed by atoms with Crippen LogP contribution in [0.15, 0.2) is 42.7 Å². The summed E-state index contributed by atoms with van der Waals surface area (Å²) in [7, 11) is 1.65. The Morgan fingerprint density at radius 1 is 1.15 bits per heavy atom. The van der Waals surface area contributed by atoms with Gasteiger partial charge >= 0.3 is 6.18 Å². The predicted molar refractivity (Wildman–Crippen MR) is 140 cm³/mol. The molecule has 3 heterocycles. The SMILES string of the molecule is C[C@@H](NC1(C)CCC1)c1cc2c(c(C(F)(F)F)c1)CN(c1cccc(C3(C(F)c4nncn4C)COC3)c1)C2=O. The summed E-state index contributed by atoms with van der Waals surface area (Å²) in [6, 6.07) is 9.16. The third kappa shape index (κ3) is 4.30. The van der Waals surface area contributed by atoms with Gasteiger partial charge in [-0.3, -0.25) is 4.79 Å². The topological polar surface area (TPSA) is 72.3 Å². The minimum absolute atomic E-state index is 0.0437. The molecule has 1 saturated carbocycles. The quantitative estimate of drug-likeness (QED) is 0.385. The second-order valence-corrected chi connectivity index (χ2v) is 11.6. The minimum Gasteiger partial charge on any atom is -0.379 e. The van der Waals surface area contributed by atoms with Crippen LogP contribution in [0, 0.1) is 0 Å². The Morgan fingerprint density at radius 3 is 2.48 bits per heavy atom. The van der Waals surface area contributed by atoms with Gasteiger partial charge in [0.1, 0.15) is 6.33 Å². The molecule has 1 aromatic heterocycles. The summed E-state index contributed by atoms with van der Waals surface area (Å²) < 4.78 is 65.6. The van der Waals surface area contributed by atoms with Gasteiger partial charge in [-0.15, -0.1) is 10.2 Å². The molecule has 1 aliphatic carbocycles. The molecule has 40 heavy (non-hydrogen) atoms. The number of nitrogens with one attached hydrogen (secondary N) is 1. The van der Waals surface area contributed by atoms with E-state index in [-0.39, 0.29) is 48.3 Å². The van der Waals surface area contributed by atoms with Crippen LogP contribution in [-0.2, 0) is 29.9 Å². The number of carbonyl (C=O) groups excluding carboxylic acids is 1. The zero-order valence-corrected chi connectivity index (χ0v) is 22.6. The maximum absolute atomic E-state index is 15.9. The largest absolute Gasteiger partial charge is 0.416 e. The van der Waals surface area contributed by atoms with Crippen LogP contribution in [0.5, 0.6) is 0 Å². The summed E-state index contributed by atoms with van der Waals surface area (Å²) in [4.78, 5) is 15.0. The van der Waals surface area contributed by atoms with Gasteiger partial charge in [0.2, 0.25) is 0 Å². The molecule has 11 heteroatoms. The smallest absolute Gasteiger partial charge is 0.379 e. The molecular formula is C29H31F4N5O2. The molecule has 1 saturated heterocycles. The van der Waals surface area contributed by atoms with E-state index in [0.29, 0.717) is 16.8 Å². The molecule has 2 aromatic carbocycles. The Bertz CT molecular complexity index is 1460. The number of anilines is 1. The van der Waals surface area contributed by atoms with E-state index in [0.717, 1.165) is 19.3 Å². The maximum atomic E-state index is 15.9. The van der Waals surface area contributed by atoms with Crippen LogP contribution in [0.1, 0.15) is 83.8 Å². The van der Waals surface area contributed by atoms with E-state index in [9.17, 15) is 18.0 Å². The molecule has 3 aliphatic rings. The Hall–Kier alpha value is -3.31. The lowest BCUT2D eigenvalue weighted by Gasteiger charge is -2.43. The van der Waals surface area contributed by atoms with Gasteiger partial charge < -0.3 is 19.5 Å². The van der Waals surface area contributed by atoms with Gasteiger partial charge in [-0.1, -0.05) is 12.1 Å². The van der Waals surface area contributed by atoms with Crippen molar-refractivity contribution < 1.29 is 27.1 Å². The number of benzene rings is 2. The van der Waals surface area contributed by atoms with Crippen molar-refractivity contribution in [3.63, 3.8) is 0 Å². The normalized spacial score (nSPS) is 21.0. The molecule has 1 N–H and O–H groups in total. The second-order valence-electron chi connectivity index (χ2n) is 11.6. The fourth-order valence-electron chi connectivity index (χ4n) is 6.13. The van der Waals surface area contributed by atoms with Gasteiger partial charge in [-0.05, 0) is 74.1 Å². The molecule has 2 aliphatic heterocycles. The predicted octanol–water partition coefficient (Wildman–Crippen LogP) is 5.57. The molecule has 7 nitrogen and oxygen atoms in total. The number of fused-ring (bicyclic) bond motifs is 1. The molecular weight excluding hydrogens is 526 g/mol. The molecule has 1 unspecified atom stereocenters. The highest BCUT2D eigenvalue weighted by Crippen LogP contribution is 2.47. The lowest BCUT2D eigenvalue weighted by Crippen LogP contribution is -2.50. The number of hydrogen-bond acceptors (Lipinski definition) is 5. The van der Waals surface area contributed by atoms with E-state index in [1.54, 1.807) is 37.4 Å². The van der Waals surface area contributed by atoms with E-state index >= 15 is 4.39 Å². The standard InChI is InChI=1S/C29H31F4N5O2/c1-17(35-27(2)8-5-9-27)18-10-21-22(23(11-18)29(31,32)33)13-38(26(21)39)20-7-4-6-19(12-20)28(14-40-15-28)24(30)25-36-34-16-37(25)3/h4,6-7,10-12,16-17,24,35H,5,8-9,13-15H2,1-3H3/t17-,24?/m1/s1. The first-order valence-electron chi connectivity index (χ1n) is 13.4. The van der Waals surface area contributed by atoms with Crippen LogP contribution in [0.2, 0.25) is 0 Å². The average Bonchev–Trinajstić information content (AvgIpc) is 3.44. The summed E-state index contributed by atoms with van der Waals surface area (Å²) in [6.45, 7) is 3.88. The first-order valence-corrected chi connectivity index (χ1v) is 13.4. The van der Waals surface area contributed by atoms with Crippen molar-refractivity contribution >= 4 is 11.6 Å². The Balaban J connectivity index is 1.34. The van der Waals surface area contributed by atoms with Gasteiger partial charge in [0, 0.05) is 29.9 Å². The highest BCUT2D eigenvalue weighted by atomic mass is 19.4. The lowest BCUT2D eigenvalue weighted by molar-refractivity contribution is -0.138. The Kier molecular flexibility index (Phi) is 6.30. The van der Waals surface area contributed by atoms with E-state index < -0.39 is 29.2 Å². The maximum Gasteiger partial charge on any atom is 0.416 e. The summed E-state index contributed by atoms with van der Waals surface area (Å²) in [5.74, 6) is -0.357. The molecule has 0 radical (unpaired) electrons. The van der Waals surface area contributed by atoms with Crippen molar-refractivity contribution in [1.82, 2.24) is 20.1 Å².